The second kappa shape index (κ2) is 9.67. The largest absolute Gasteiger partial charge is 0.355 e. The third-order valence-corrected chi connectivity index (χ3v) is 5.74. The van der Waals surface area contributed by atoms with E-state index in [9.17, 15) is 13.2 Å². The number of nitrogens with one attached hydrogen (secondary N) is 2. The Kier molecular flexibility index (Phi) is 7.56. The van der Waals surface area contributed by atoms with Gasteiger partial charge in [-0.1, -0.05) is 61.9 Å². The Balaban J connectivity index is 2.17. The van der Waals surface area contributed by atoms with Crippen LogP contribution < -0.4 is 10.0 Å². The number of benzene rings is 2. The van der Waals surface area contributed by atoms with E-state index in [2.05, 4.69) is 23.9 Å². The third kappa shape index (κ3) is 6.81. The quantitative estimate of drug-likeness (QED) is 0.693. The predicted octanol–water partition coefficient (Wildman–Crippen LogP) is 3.05. The Morgan fingerprint density at radius 1 is 1.00 bits per heavy atom. The molecule has 0 bridgehead atoms. The molecule has 0 aromatic heterocycles. The van der Waals surface area contributed by atoms with Gasteiger partial charge in [0.05, 0.1) is 4.90 Å². The lowest BCUT2D eigenvalue weighted by atomic mass is 10.1. The average molecular weight is 389 g/mol. The number of carbonyl (C=O) groups is 1. The first-order chi connectivity index (χ1) is 12.8. The van der Waals surface area contributed by atoms with Crippen molar-refractivity contribution in [1.82, 2.24) is 10.0 Å². The molecule has 0 spiro atoms. The summed E-state index contributed by atoms with van der Waals surface area (Å²) in [6, 6.07) is 15.1. The van der Waals surface area contributed by atoms with Crippen LogP contribution in [-0.2, 0) is 21.2 Å². The number of amides is 1. The van der Waals surface area contributed by atoms with Gasteiger partial charge in [0.2, 0.25) is 15.9 Å². The van der Waals surface area contributed by atoms with E-state index in [0.29, 0.717) is 18.9 Å². The van der Waals surface area contributed by atoms with Gasteiger partial charge in [0.15, 0.2) is 0 Å². The lowest BCUT2D eigenvalue weighted by Gasteiger charge is -2.19. The van der Waals surface area contributed by atoms with E-state index < -0.39 is 16.1 Å². The molecule has 0 heterocycles. The van der Waals surface area contributed by atoms with Crippen molar-refractivity contribution in [2.75, 3.05) is 6.54 Å². The minimum atomic E-state index is -3.79. The molecule has 2 aromatic rings. The molecule has 0 aliphatic rings. The fourth-order valence-electron chi connectivity index (χ4n) is 2.62. The molecule has 27 heavy (non-hydrogen) atoms. The molecule has 0 saturated heterocycles. The average Bonchev–Trinajstić information content (AvgIpc) is 2.62. The number of rotatable bonds is 9. The van der Waals surface area contributed by atoms with Crippen LogP contribution in [0.5, 0.6) is 0 Å². The van der Waals surface area contributed by atoms with Gasteiger partial charge < -0.3 is 5.32 Å². The summed E-state index contributed by atoms with van der Waals surface area (Å²) >= 11 is 0. The van der Waals surface area contributed by atoms with Gasteiger partial charge in [-0.2, -0.15) is 4.72 Å². The minimum Gasteiger partial charge on any atom is -0.355 e. The molecule has 6 heteroatoms. The third-order valence-electron chi connectivity index (χ3n) is 4.25. The van der Waals surface area contributed by atoms with Crippen LogP contribution in [0.3, 0.4) is 0 Å². The Labute approximate surface area is 162 Å². The van der Waals surface area contributed by atoms with Crippen LogP contribution >= 0.6 is 0 Å². The van der Waals surface area contributed by atoms with E-state index in [0.717, 1.165) is 17.5 Å². The molecule has 0 aliphatic carbocycles. The first kappa shape index (κ1) is 21.1. The van der Waals surface area contributed by atoms with Crippen LogP contribution in [0.2, 0.25) is 0 Å². The summed E-state index contributed by atoms with van der Waals surface area (Å²) in [4.78, 5) is 12.8. The minimum absolute atomic E-state index is 0.154. The number of hydrogen-bond acceptors (Lipinski definition) is 3. The monoisotopic (exact) mass is 388 g/mol. The molecule has 0 saturated carbocycles. The zero-order chi connectivity index (χ0) is 19.9. The maximum absolute atomic E-state index is 12.7. The Hall–Kier alpha value is -2.18. The van der Waals surface area contributed by atoms with Gasteiger partial charge in [0.1, 0.15) is 6.04 Å². The van der Waals surface area contributed by atoms with E-state index in [1.165, 1.54) is 0 Å². The molecule has 0 radical (unpaired) electrons. The van der Waals surface area contributed by atoms with Crippen LogP contribution in [-0.4, -0.2) is 26.9 Å². The molecule has 1 amide bonds. The standard InChI is InChI=1S/C21H28N2O3S/c1-16(2)13-14-22-21(24)20(15-18-7-5-4-6-8-18)23-27(25,26)19-11-9-17(3)10-12-19/h4-12,16,20,23H,13-15H2,1-3H3,(H,22,24). The molecule has 1 atom stereocenters. The first-order valence-corrected chi connectivity index (χ1v) is 10.7. The van der Waals surface area contributed by atoms with Crippen LogP contribution in [0.15, 0.2) is 59.5 Å². The van der Waals surface area contributed by atoms with Gasteiger partial charge in [0.25, 0.3) is 0 Å². The lowest BCUT2D eigenvalue weighted by molar-refractivity contribution is -0.122. The second-order valence-corrected chi connectivity index (χ2v) is 8.86. The fourth-order valence-corrected chi connectivity index (χ4v) is 3.81. The van der Waals surface area contributed by atoms with Crippen molar-refractivity contribution < 1.29 is 13.2 Å². The Morgan fingerprint density at radius 3 is 2.22 bits per heavy atom. The second-order valence-electron chi connectivity index (χ2n) is 7.15. The molecule has 0 fully saturated rings. The van der Waals surface area contributed by atoms with Crippen molar-refractivity contribution in [2.24, 2.45) is 5.92 Å². The van der Waals surface area contributed by atoms with Crippen LogP contribution in [0, 0.1) is 12.8 Å². The van der Waals surface area contributed by atoms with Crippen molar-refractivity contribution >= 4 is 15.9 Å². The van der Waals surface area contributed by atoms with Gasteiger partial charge in [-0.3, -0.25) is 4.79 Å². The van der Waals surface area contributed by atoms with E-state index in [-0.39, 0.29) is 10.8 Å². The maximum atomic E-state index is 12.7. The summed E-state index contributed by atoms with van der Waals surface area (Å²) in [5.41, 5.74) is 1.87. The fraction of sp³-hybridized carbons (Fsp3) is 0.381. The molecule has 2 rings (SSSR count). The maximum Gasteiger partial charge on any atom is 0.241 e. The summed E-state index contributed by atoms with van der Waals surface area (Å²) in [5.74, 6) is 0.150. The summed E-state index contributed by atoms with van der Waals surface area (Å²) in [5, 5.41) is 2.85. The molecule has 2 aromatic carbocycles. The van der Waals surface area contributed by atoms with Gasteiger partial charge in [0, 0.05) is 6.54 Å². The van der Waals surface area contributed by atoms with Crippen molar-refractivity contribution in [2.45, 2.75) is 44.6 Å². The van der Waals surface area contributed by atoms with Crippen molar-refractivity contribution in [3.8, 4) is 0 Å². The van der Waals surface area contributed by atoms with Gasteiger partial charge in [-0.25, -0.2) is 8.42 Å². The highest BCUT2D eigenvalue weighted by atomic mass is 32.2. The van der Waals surface area contributed by atoms with Crippen LogP contribution in [0.1, 0.15) is 31.4 Å². The summed E-state index contributed by atoms with van der Waals surface area (Å²) in [6.45, 7) is 6.57. The topological polar surface area (TPSA) is 75.3 Å². The lowest BCUT2D eigenvalue weighted by Crippen LogP contribution is -2.48. The number of aryl methyl sites for hydroxylation is 1. The first-order valence-electron chi connectivity index (χ1n) is 9.18. The summed E-state index contributed by atoms with van der Waals surface area (Å²) in [7, 11) is -3.79. The molecule has 0 aliphatic heterocycles. The Bertz CT molecular complexity index is 831. The highest BCUT2D eigenvalue weighted by molar-refractivity contribution is 7.89. The summed E-state index contributed by atoms with van der Waals surface area (Å²) < 4.78 is 28.1. The molecule has 146 valence electrons. The molecule has 1 unspecified atom stereocenters. The van der Waals surface area contributed by atoms with Crippen molar-refractivity contribution in [1.29, 1.82) is 0 Å². The SMILES string of the molecule is Cc1ccc(S(=O)(=O)NC(Cc2ccccc2)C(=O)NCCC(C)C)cc1. The number of sulfonamides is 1. The Morgan fingerprint density at radius 2 is 1.63 bits per heavy atom. The number of hydrogen-bond donors (Lipinski definition) is 2. The predicted molar refractivity (Wildman–Crippen MR) is 108 cm³/mol. The normalized spacial score (nSPS) is 12.7. The van der Waals surface area contributed by atoms with E-state index >= 15 is 0 Å². The highest BCUT2D eigenvalue weighted by Crippen LogP contribution is 2.12. The van der Waals surface area contributed by atoms with Crippen molar-refractivity contribution in [3.63, 3.8) is 0 Å². The molecular weight excluding hydrogens is 360 g/mol. The summed E-state index contributed by atoms with van der Waals surface area (Å²) in [6.07, 6.45) is 1.13. The smallest absolute Gasteiger partial charge is 0.241 e. The van der Waals surface area contributed by atoms with Gasteiger partial charge in [-0.05, 0) is 43.4 Å². The zero-order valence-electron chi connectivity index (χ0n) is 16.1. The highest BCUT2D eigenvalue weighted by Gasteiger charge is 2.26. The molecule has 5 nitrogen and oxygen atoms in total. The zero-order valence-corrected chi connectivity index (χ0v) is 16.9. The van der Waals surface area contributed by atoms with Crippen LogP contribution in [0.25, 0.3) is 0 Å². The van der Waals surface area contributed by atoms with E-state index in [1.807, 2.05) is 37.3 Å². The van der Waals surface area contributed by atoms with Gasteiger partial charge in [-0.15, -0.1) is 0 Å². The van der Waals surface area contributed by atoms with Gasteiger partial charge >= 0.3 is 0 Å². The van der Waals surface area contributed by atoms with E-state index in [4.69, 9.17) is 0 Å². The number of carbonyl (C=O) groups excluding carboxylic acids is 1. The van der Waals surface area contributed by atoms with Crippen LogP contribution in [0.4, 0.5) is 0 Å². The molecule has 2 N–H and O–H groups in total. The van der Waals surface area contributed by atoms with Crippen molar-refractivity contribution in [3.05, 3.63) is 65.7 Å². The molecular formula is C21H28N2O3S. The van der Waals surface area contributed by atoms with E-state index in [1.54, 1.807) is 24.3 Å².